The van der Waals surface area contributed by atoms with E-state index in [0.29, 0.717) is 18.1 Å². The molecule has 2 aromatic heterocycles. The van der Waals surface area contributed by atoms with Gasteiger partial charge in [0.15, 0.2) is 0 Å². The summed E-state index contributed by atoms with van der Waals surface area (Å²) in [5.74, 6) is 1.15. The molecule has 0 saturated carbocycles. The van der Waals surface area contributed by atoms with Crippen LogP contribution in [0.3, 0.4) is 0 Å². The van der Waals surface area contributed by atoms with Crippen LogP contribution >= 0.6 is 0 Å². The Labute approximate surface area is 100 Å². The van der Waals surface area contributed by atoms with Crippen LogP contribution in [0.2, 0.25) is 0 Å². The number of pyridine rings is 1. The maximum Gasteiger partial charge on any atom is 0.227 e. The summed E-state index contributed by atoms with van der Waals surface area (Å²) >= 11 is 0. The molecule has 1 atom stereocenters. The first-order valence-corrected chi connectivity index (χ1v) is 5.66. The highest BCUT2D eigenvalue weighted by molar-refractivity contribution is 5.48. The number of aryl methyl sites for hydroxylation is 2. The van der Waals surface area contributed by atoms with Crippen molar-refractivity contribution in [1.29, 1.82) is 0 Å². The van der Waals surface area contributed by atoms with Crippen LogP contribution < -0.4 is 5.73 Å². The molecule has 5 heteroatoms. The first-order chi connectivity index (χ1) is 8.15. The maximum atomic E-state index is 5.68. The lowest BCUT2D eigenvalue weighted by atomic mass is 10.2. The van der Waals surface area contributed by atoms with Crippen LogP contribution in [-0.2, 0) is 6.42 Å². The summed E-state index contributed by atoms with van der Waals surface area (Å²) in [6.07, 6.45) is 3.28. The molecular formula is C12H16N4O. The van der Waals surface area contributed by atoms with Crippen LogP contribution in [-0.4, -0.2) is 21.2 Å². The second-order valence-corrected chi connectivity index (χ2v) is 4.25. The molecule has 0 saturated heterocycles. The van der Waals surface area contributed by atoms with Gasteiger partial charge in [-0.05, 0) is 38.0 Å². The van der Waals surface area contributed by atoms with Crippen LogP contribution in [0.5, 0.6) is 0 Å². The summed E-state index contributed by atoms with van der Waals surface area (Å²) in [6.45, 7) is 3.96. The first kappa shape index (κ1) is 11.7. The van der Waals surface area contributed by atoms with E-state index in [-0.39, 0.29) is 6.04 Å². The molecule has 90 valence electrons. The summed E-state index contributed by atoms with van der Waals surface area (Å²) in [5.41, 5.74) is 7.53. The predicted molar refractivity (Wildman–Crippen MR) is 64.2 cm³/mol. The van der Waals surface area contributed by atoms with Gasteiger partial charge in [0.1, 0.15) is 5.69 Å². The highest BCUT2D eigenvalue weighted by Crippen LogP contribution is 2.14. The number of nitrogens with two attached hydrogens (primary N) is 1. The molecule has 0 fully saturated rings. The molecular weight excluding hydrogens is 216 g/mol. The van der Waals surface area contributed by atoms with Crippen LogP contribution in [0.15, 0.2) is 22.9 Å². The van der Waals surface area contributed by atoms with Crippen molar-refractivity contribution in [1.82, 2.24) is 15.1 Å². The van der Waals surface area contributed by atoms with E-state index in [1.165, 1.54) is 0 Å². The Bertz CT molecular complexity index is 493. The van der Waals surface area contributed by atoms with Crippen molar-refractivity contribution in [2.45, 2.75) is 32.7 Å². The Morgan fingerprint density at radius 3 is 3.00 bits per heavy atom. The summed E-state index contributed by atoms with van der Waals surface area (Å²) in [5, 5.41) is 3.92. The maximum absolute atomic E-state index is 5.68. The van der Waals surface area contributed by atoms with Crippen LogP contribution in [0.1, 0.15) is 24.8 Å². The van der Waals surface area contributed by atoms with Crippen LogP contribution in [0, 0.1) is 6.92 Å². The molecule has 2 N–H and O–H groups in total. The van der Waals surface area contributed by atoms with Gasteiger partial charge in [0.25, 0.3) is 0 Å². The van der Waals surface area contributed by atoms with Gasteiger partial charge in [0, 0.05) is 18.7 Å². The van der Waals surface area contributed by atoms with E-state index >= 15 is 0 Å². The van der Waals surface area contributed by atoms with Crippen molar-refractivity contribution in [2.24, 2.45) is 5.73 Å². The molecule has 1 unspecified atom stereocenters. The third-order valence-electron chi connectivity index (χ3n) is 2.43. The fraction of sp³-hybridized carbons (Fsp3) is 0.417. The molecule has 0 aliphatic rings. The van der Waals surface area contributed by atoms with Gasteiger partial charge in [-0.15, -0.1) is 0 Å². The van der Waals surface area contributed by atoms with Crippen LogP contribution in [0.4, 0.5) is 0 Å². The zero-order valence-corrected chi connectivity index (χ0v) is 10.1. The summed E-state index contributed by atoms with van der Waals surface area (Å²) in [6, 6.07) is 4.00. The molecule has 2 aromatic rings. The quantitative estimate of drug-likeness (QED) is 0.868. The SMILES string of the molecule is Cc1ccnc(-c2noc(CCC(C)N)n2)c1. The number of rotatable bonds is 4. The standard InChI is InChI=1S/C12H16N4O/c1-8-5-6-14-10(7-8)12-15-11(17-16-12)4-3-9(2)13/h5-7,9H,3-4,13H2,1-2H3. The van der Waals surface area contributed by atoms with Gasteiger partial charge in [0.2, 0.25) is 11.7 Å². The molecule has 0 radical (unpaired) electrons. The number of nitrogens with zero attached hydrogens (tertiary/aromatic N) is 3. The zero-order valence-electron chi connectivity index (χ0n) is 10.1. The van der Waals surface area contributed by atoms with E-state index in [2.05, 4.69) is 15.1 Å². The van der Waals surface area contributed by atoms with E-state index in [1.54, 1.807) is 6.20 Å². The fourth-order valence-corrected chi connectivity index (χ4v) is 1.47. The molecule has 17 heavy (non-hydrogen) atoms. The first-order valence-electron chi connectivity index (χ1n) is 5.66. The third kappa shape index (κ3) is 3.10. The van der Waals surface area contributed by atoms with Crippen molar-refractivity contribution in [3.05, 3.63) is 29.8 Å². The average Bonchev–Trinajstić information content (AvgIpc) is 2.75. The highest BCUT2D eigenvalue weighted by atomic mass is 16.5. The van der Waals surface area contributed by atoms with Gasteiger partial charge in [-0.3, -0.25) is 4.98 Å². The second kappa shape index (κ2) is 5.05. The Hall–Kier alpha value is -1.75. The van der Waals surface area contributed by atoms with E-state index in [0.717, 1.165) is 17.7 Å². The predicted octanol–water partition coefficient (Wildman–Crippen LogP) is 1.72. The average molecular weight is 232 g/mol. The van der Waals surface area contributed by atoms with Crippen molar-refractivity contribution in [2.75, 3.05) is 0 Å². The molecule has 0 spiro atoms. The Balaban J connectivity index is 2.12. The number of aromatic nitrogens is 3. The molecule has 0 aromatic carbocycles. The summed E-state index contributed by atoms with van der Waals surface area (Å²) < 4.78 is 5.15. The van der Waals surface area contributed by atoms with Crippen molar-refractivity contribution >= 4 is 0 Å². The normalized spacial score (nSPS) is 12.6. The van der Waals surface area contributed by atoms with Crippen molar-refractivity contribution < 1.29 is 4.52 Å². The van der Waals surface area contributed by atoms with Gasteiger partial charge in [0.05, 0.1) is 0 Å². The van der Waals surface area contributed by atoms with E-state index < -0.39 is 0 Å². The van der Waals surface area contributed by atoms with E-state index in [9.17, 15) is 0 Å². The summed E-state index contributed by atoms with van der Waals surface area (Å²) in [4.78, 5) is 8.51. The zero-order chi connectivity index (χ0) is 12.3. The second-order valence-electron chi connectivity index (χ2n) is 4.25. The molecule has 5 nitrogen and oxygen atoms in total. The minimum atomic E-state index is 0.141. The molecule has 0 aliphatic carbocycles. The van der Waals surface area contributed by atoms with Crippen molar-refractivity contribution in [3.8, 4) is 11.5 Å². The van der Waals surface area contributed by atoms with Crippen molar-refractivity contribution in [3.63, 3.8) is 0 Å². The smallest absolute Gasteiger partial charge is 0.227 e. The third-order valence-corrected chi connectivity index (χ3v) is 2.43. The lowest BCUT2D eigenvalue weighted by Crippen LogP contribution is -2.15. The Kier molecular flexibility index (Phi) is 3.49. The molecule has 0 amide bonds. The number of hydrogen-bond donors (Lipinski definition) is 1. The molecule has 0 bridgehead atoms. The van der Waals surface area contributed by atoms with Gasteiger partial charge >= 0.3 is 0 Å². The van der Waals surface area contributed by atoms with Crippen LogP contribution in [0.25, 0.3) is 11.5 Å². The molecule has 0 aliphatic heterocycles. The molecule has 2 rings (SSSR count). The lowest BCUT2D eigenvalue weighted by molar-refractivity contribution is 0.372. The summed E-state index contributed by atoms with van der Waals surface area (Å²) in [7, 11) is 0. The lowest BCUT2D eigenvalue weighted by Gasteiger charge is -1.99. The highest BCUT2D eigenvalue weighted by Gasteiger charge is 2.10. The van der Waals surface area contributed by atoms with Gasteiger partial charge in [-0.2, -0.15) is 4.98 Å². The van der Waals surface area contributed by atoms with Gasteiger partial charge < -0.3 is 10.3 Å². The van der Waals surface area contributed by atoms with E-state index in [4.69, 9.17) is 10.3 Å². The Morgan fingerprint density at radius 2 is 2.29 bits per heavy atom. The minimum absolute atomic E-state index is 0.141. The largest absolute Gasteiger partial charge is 0.339 e. The Morgan fingerprint density at radius 1 is 1.47 bits per heavy atom. The molecule has 2 heterocycles. The minimum Gasteiger partial charge on any atom is -0.339 e. The van der Waals surface area contributed by atoms with E-state index in [1.807, 2.05) is 26.0 Å². The van der Waals surface area contributed by atoms with Gasteiger partial charge in [-0.1, -0.05) is 5.16 Å². The number of hydrogen-bond acceptors (Lipinski definition) is 5. The topological polar surface area (TPSA) is 77.8 Å². The van der Waals surface area contributed by atoms with Gasteiger partial charge in [-0.25, -0.2) is 0 Å². The monoisotopic (exact) mass is 232 g/mol. The fourth-order valence-electron chi connectivity index (χ4n) is 1.47.